The Balaban J connectivity index is 2.17. The van der Waals surface area contributed by atoms with Crippen molar-refractivity contribution in [2.45, 2.75) is 6.42 Å². The summed E-state index contributed by atoms with van der Waals surface area (Å²) in [4.78, 5) is 3.81. The molecule has 0 fully saturated rings. The first-order valence-electron chi connectivity index (χ1n) is 7.67. The van der Waals surface area contributed by atoms with E-state index in [1.807, 2.05) is 0 Å². The molecule has 0 radical (unpaired) electrons. The molecule has 132 valence electrons. The Morgan fingerprint density at radius 3 is 1.62 bits per heavy atom. The van der Waals surface area contributed by atoms with Crippen molar-refractivity contribution in [3.8, 4) is 0 Å². The largest absolute Gasteiger partial charge is 0.246 e. The van der Waals surface area contributed by atoms with Gasteiger partial charge >= 0.3 is 0 Å². The highest BCUT2D eigenvalue weighted by Gasteiger charge is 2.26. The van der Waals surface area contributed by atoms with Crippen molar-refractivity contribution in [1.29, 1.82) is 0 Å². The lowest BCUT2D eigenvalue weighted by Crippen LogP contribution is -2.07. The van der Waals surface area contributed by atoms with Gasteiger partial charge in [0, 0.05) is 6.42 Å². The Hall–Kier alpha value is -3.02. The molecule has 0 saturated carbocycles. The number of benzene rings is 3. The molecule has 0 spiro atoms. The Morgan fingerprint density at radius 2 is 1.08 bits per heavy atom. The average Bonchev–Trinajstić information content (AvgIpc) is 2.68. The number of hydrogen-bond donors (Lipinski definition) is 0. The highest BCUT2D eigenvalue weighted by atomic mass is 19.2. The molecule has 26 heavy (non-hydrogen) atoms. The van der Waals surface area contributed by atoms with Crippen molar-refractivity contribution in [1.82, 2.24) is 0 Å². The first kappa shape index (κ1) is 17.8. The smallest absolute Gasteiger partial charge is 0.200 e. The molecule has 0 bridgehead atoms. The van der Waals surface area contributed by atoms with Gasteiger partial charge in [0.25, 0.3) is 0 Å². The summed E-state index contributed by atoms with van der Waals surface area (Å²) in [6.07, 6.45) is 0.157. The van der Waals surface area contributed by atoms with Crippen molar-refractivity contribution in [3.05, 3.63) is 101 Å². The van der Waals surface area contributed by atoms with E-state index in [4.69, 9.17) is 0 Å². The maximum atomic E-state index is 14.0. The zero-order valence-corrected chi connectivity index (χ0v) is 13.3. The minimum atomic E-state index is -2.21. The Bertz CT molecular complexity index is 924. The Kier molecular flexibility index (Phi) is 5.11. The maximum absolute atomic E-state index is 14.0. The third kappa shape index (κ3) is 3.49. The molecular formula is C20H12F5N. The van der Waals surface area contributed by atoms with E-state index in [1.54, 1.807) is 60.7 Å². The molecule has 1 nitrogen and oxygen atoms in total. The molecule has 0 heterocycles. The van der Waals surface area contributed by atoms with Crippen LogP contribution in [-0.4, -0.2) is 5.71 Å². The second-order valence-corrected chi connectivity index (χ2v) is 5.51. The Labute approximate surface area is 146 Å². The van der Waals surface area contributed by atoms with Crippen molar-refractivity contribution in [2.75, 3.05) is 0 Å². The van der Waals surface area contributed by atoms with Crippen LogP contribution in [0.5, 0.6) is 0 Å². The zero-order valence-electron chi connectivity index (χ0n) is 13.3. The number of nitrogens with zero attached hydrogens (tertiary/aromatic N) is 1. The second-order valence-electron chi connectivity index (χ2n) is 5.51. The molecule has 0 aliphatic heterocycles. The van der Waals surface area contributed by atoms with Crippen LogP contribution >= 0.6 is 0 Å². The third-order valence-corrected chi connectivity index (χ3v) is 3.75. The van der Waals surface area contributed by atoms with E-state index in [1.165, 1.54) is 0 Å². The highest BCUT2D eigenvalue weighted by molar-refractivity contribution is 6.03. The normalized spacial score (nSPS) is 11.7. The van der Waals surface area contributed by atoms with Gasteiger partial charge in [-0.15, -0.1) is 0 Å². The first-order chi connectivity index (χ1) is 12.5. The number of aliphatic imine (C=N–C) groups is 1. The predicted molar refractivity (Wildman–Crippen MR) is 89.0 cm³/mol. The van der Waals surface area contributed by atoms with Gasteiger partial charge in [-0.1, -0.05) is 60.7 Å². The van der Waals surface area contributed by atoms with Gasteiger partial charge in [0.15, 0.2) is 23.3 Å². The van der Waals surface area contributed by atoms with Crippen molar-refractivity contribution in [2.24, 2.45) is 4.99 Å². The molecule has 0 unspecified atom stereocenters. The lowest BCUT2D eigenvalue weighted by atomic mass is 10.0. The summed E-state index contributed by atoms with van der Waals surface area (Å²) >= 11 is 0. The van der Waals surface area contributed by atoms with Gasteiger partial charge in [0.1, 0.15) is 5.69 Å². The topological polar surface area (TPSA) is 12.4 Å². The molecule has 0 amide bonds. The number of halogens is 5. The van der Waals surface area contributed by atoms with Gasteiger partial charge in [0.2, 0.25) is 5.82 Å². The summed E-state index contributed by atoms with van der Waals surface area (Å²) in [6.45, 7) is 0. The minimum absolute atomic E-state index is 0.157. The monoisotopic (exact) mass is 361 g/mol. The molecule has 3 rings (SSSR count). The summed E-state index contributed by atoms with van der Waals surface area (Å²) in [7, 11) is 0. The second kappa shape index (κ2) is 7.47. The fourth-order valence-corrected chi connectivity index (χ4v) is 2.45. The van der Waals surface area contributed by atoms with Gasteiger partial charge in [-0.2, -0.15) is 0 Å². The summed E-state index contributed by atoms with van der Waals surface area (Å²) in [6, 6.07) is 17.3. The van der Waals surface area contributed by atoms with Gasteiger partial charge in [-0.3, -0.25) is 0 Å². The van der Waals surface area contributed by atoms with Crippen LogP contribution in [-0.2, 0) is 6.42 Å². The van der Waals surface area contributed by atoms with Crippen LogP contribution in [0.15, 0.2) is 65.7 Å². The van der Waals surface area contributed by atoms with Crippen LogP contribution in [0.25, 0.3) is 0 Å². The van der Waals surface area contributed by atoms with E-state index in [0.717, 1.165) is 5.56 Å². The van der Waals surface area contributed by atoms with Crippen molar-refractivity contribution < 1.29 is 22.0 Å². The molecule has 3 aromatic rings. The molecular weight excluding hydrogens is 349 g/mol. The van der Waals surface area contributed by atoms with E-state index in [2.05, 4.69) is 4.99 Å². The third-order valence-electron chi connectivity index (χ3n) is 3.75. The minimum Gasteiger partial charge on any atom is -0.246 e. The van der Waals surface area contributed by atoms with Crippen molar-refractivity contribution >= 4 is 11.4 Å². The summed E-state index contributed by atoms with van der Waals surface area (Å²) in [5.41, 5.74) is 0.274. The van der Waals surface area contributed by atoms with E-state index in [0.29, 0.717) is 5.56 Å². The molecule has 0 atom stereocenters. The first-order valence-corrected chi connectivity index (χ1v) is 7.67. The standard InChI is InChI=1S/C20H12F5N/c21-15-16(22)18(24)20(19(25)17(15)23)26-14(13-9-5-2-6-10-13)11-12-7-3-1-4-8-12/h1-10H,11H2. The van der Waals surface area contributed by atoms with E-state index < -0.39 is 34.8 Å². The van der Waals surface area contributed by atoms with Crippen LogP contribution in [0, 0.1) is 29.1 Å². The molecule has 0 saturated heterocycles. The van der Waals surface area contributed by atoms with Gasteiger partial charge in [-0.25, -0.2) is 26.9 Å². The van der Waals surface area contributed by atoms with Gasteiger partial charge in [-0.05, 0) is 11.1 Å². The van der Waals surface area contributed by atoms with Crippen LogP contribution < -0.4 is 0 Å². The molecule has 3 aromatic carbocycles. The number of hydrogen-bond acceptors (Lipinski definition) is 1. The maximum Gasteiger partial charge on any atom is 0.200 e. The molecule has 6 heteroatoms. The van der Waals surface area contributed by atoms with Crippen LogP contribution in [0.1, 0.15) is 11.1 Å². The fraction of sp³-hybridized carbons (Fsp3) is 0.0500. The molecule has 0 aliphatic carbocycles. The lowest BCUT2D eigenvalue weighted by Gasteiger charge is -2.10. The SMILES string of the molecule is Fc1c(F)c(F)c(N=C(Cc2ccccc2)c2ccccc2)c(F)c1F. The van der Waals surface area contributed by atoms with E-state index >= 15 is 0 Å². The quantitative estimate of drug-likeness (QED) is 0.243. The predicted octanol–water partition coefficient (Wildman–Crippen LogP) is 5.75. The molecule has 0 aliphatic rings. The van der Waals surface area contributed by atoms with Crippen LogP contribution in [0.3, 0.4) is 0 Å². The zero-order chi connectivity index (χ0) is 18.7. The van der Waals surface area contributed by atoms with Crippen LogP contribution in [0.4, 0.5) is 27.6 Å². The van der Waals surface area contributed by atoms with Crippen LogP contribution in [0.2, 0.25) is 0 Å². The van der Waals surface area contributed by atoms with E-state index in [-0.39, 0.29) is 12.1 Å². The van der Waals surface area contributed by atoms with Gasteiger partial charge in [0.05, 0.1) is 5.71 Å². The summed E-state index contributed by atoms with van der Waals surface area (Å²) in [5, 5.41) is 0. The number of rotatable bonds is 4. The summed E-state index contributed by atoms with van der Waals surface area (Å²) in [5.74, 6) is -10.2. The summed E-state index contributed by atoms with van der Waals surface area (Å²) < 4.78 is 68.1. The fourth-order valence-electron chi connectivity index (χ4n) is 2.45. The molecule has 0 N–H and O–H groups in total. The van der Waals surface area contributed by atoms with Gasteiger partial charge < -0.3 is 0 Å². The Morgan fingerprint density at radius 1 is 0.615 bits per heavy atom. The highest BCUT2D eigenvalue weighted by Crippen LogP contribution is 2.30. The molecule has 0 aromatic heterocycles. The van der Waals surface area contributed by atoms with Crippen molar-refractivity contribution in [3.63, 3.8) is 0 Å². The lowest BCUT2D eigenvalue weighted by molar-refractivity contribution is 0.381. The average molecular weight is 361 g/mol. The van der Waals surface area contributed by atoms with E-state index in [9.17, 15) is 22.0 Å².